The van der Waals surface area contributed by atoms with Gasteiger partial charge in [-0.15, -0.1) is 0 Å². The van der Waals surface area contributed by atoms with E-state index in [1.54, 1.807) is 0 Å². The van der Waals surface area contributed by atoms with E-state index in [2.05, 4.69) is 25.1 Å². The zero-order valence-electron chi connectivity index (χ0n) is 14.6. The van der Waals surface area contributed by atoms with Crippen molar-refractivity contribution in [1.82, 2.24) is 0 Å². The minimum atomic E-state index is -0.420. The molecule has 0 radical (unpaired) electrons. The average Bonchev–Trinajstić information content (AvgIpc) is 3.11. The summed E-state index contributed by atoms with van der Waals surface area (Å²) in [4.78, 5) is 14.7. The number of ether oxygens (including phenoxy) is 2. The maximum absolute atomic E-state index is 12.9. The van der Waals surface area contributed by atoms with E-state index in [0.717, 1.165) is 31.4 Å². The first-order valence-corrected chi connectivity index (χ1v) is 8.74. The number of carbonyl (C=O) groups is 1. The summed E-state index contributed by atoms with van der Waals surface area (Å²) in [7, 11) is 1.89. The van der Waals surface area contributed by atoms with Gasteiger partial charge in [-0.05, 0) is 31.4 Å². The van der Waals surface area contributed by atoms with Crippen LogP contribution in [0.4, 0.5) is 5.69 Å². The minimum absolute atomic E-state index is 0.232. The lowest BCUT2D eigenvalue weighted by atomic mass is 9.68. The molecule has 0 aromatic heterocycles. The second-order valence-electron chi connectivity index (χ2n) is 6.57. The molecule has 3 aliphatic rings. The molecule has 0 bridgehead atoms. The molecule has 126 valence electrons. The van der Waals surface area contributed by atoms with Gasteiger partial charge in [-0.3, -0.25) is 4.79 Å². The number of carbonyl (C=O) groups excluding carboxylic acids is 1. The van der Waals surface area contributed by atoms with Crippen molar-refractivity contribution in [3.05, 3.63) is 29.3 Å². The van der Waals surface area contributed by atoms with Crippen molar-refractivity contribution in [1.29, 1.82) is 0 Å². The first-order chi connectivity index (χ1) is 11.1. The van der Waals surface area contributed by atoms with Gasteiger partial charge in [0.1, 0.15) is 0 Å². The number of aryl methyl sites for hydroxylation is 1. The molecule has 0 unspecified atom stereocenters. The van der Waals surface area contributed by atoms with Gasteiger partial charge in [-0.2, -0.15) is 0 Å². The quantitative estimate of drug-likeness (QED) is 0.734. The number of nitrogens with zero attached hydrogens (tertiary/aromatic N) is 1. The molecule has 2 fully saturated rings. The highest BCUT2D eigenvalue weighted by Gasteiger charge is 2.55. The Morgan fingerprint density at radius 3 is 2.26 bits per heavy atom. The number of amides is 1. The van der Waals surface area contributed by atoms with Crippen LogP contribution < -0.4 is 4.90 Å². The Hall–Kier alpha value is -1.39. The molecule has 1 saturated carbocycles. The predicted octanol–water partition coefficient (Wildman–Crippen LogP) is 3.55. The van der Waals surface area contributed by atoms with E-state index in [0.29, 0.717) is 13.2 Å². The van der Waals surface area contributed by atoms with Crippen molar-refractivity contribution < 1.29 is 14.3 Å². The number of hydrogen-bond donors (Lipinski definition) is 0. The number of fused-ring (bicyclic) bond motifs is 2. The smallest absolute Gasteiger partial charge is 0.237 e. The SMILES string of the molecule is CC.Cc1ccc2c(c1)C1(CCC3(CC1)OCCO3)C(=O)N2C. The van der Waals surface area contributed by atoms with Gasteiger partial charge < -0.3 is 14.4 Å². The van der Waals surface area contributed by atoms with Gasteiger partial charge in [-0.1, -0.05) is 31.5 Å². The molecule has 1 aromatic carbocycles. The molecular formula is C19H27NO3. The largest absolute Gasteiger partial charge is 0.348 e. The molecule has 1 aromatic rings. The number of likely N-dealkylation sites (N-methyl/N-ethyl adjacent to an activating group) is 1. The Bertz CT molecular complexity index is 595. The molecule has 2 spiro atoms. The lowest BCUT2D eigenvalue weighted by Gasteiger charge is -2.40. The number of benzene rings is 1. The van der Waals surface area contributed by atoms with Gasteiger partial charge >= 0.3 is 0 Å². The summed E-state index contributed by atoms with van der Waals surface area (Å²) in [6, 6.07) is 6.34. The molecule has 2 aliphatic heterocycles. The summed E-state index contributed by atoms with van der Waals surface area (Å²) in [6.07, 6.45) is 3.24. The van der Waals surface area contributed by atoms with Gasteiger partial charge in [0.15, 0.2) is 5.79 Å². The minimum Gasteiger partial charge on any atom is -0.348 e. The van der Waals surface area contributed by atoms with Gasteiger partial charge in [-0.25, -0.2) is 0 Å². The van der Waals surface area contributed by atoms with Crippen LogP contribution in [0.2, 0.25) is 0 Å². The number of anilines is 1. The third-order valence-electron chi connectivity index (χ3n) is 5.42. The summed E-state index contributed by atoms with van der Waals surface area (Å²) >= 11 is 0. The number of hydrogen-bond acceptors (Lipinski definition) is 3. The van der Waals surface area contributed by atoms with Crippen LogP contribution in [0.5, 0.6) is 0 Å². The van der Waals surface area contributed by atoms with Gasteiger partial charge in [0.25, 0.3) is 0 Å². The van der Waals surface area contributed by atoms with Crippen LogP contribution in [-0.2, 0) is 19.7 Å². The molecular weight excluding hydrogens is 290 g/mol. The zero-order valence-corrected chi connectivity index (χ0v) is 14.6. The Morgan fingerprint density at radius 1 is 1.04 bits per heavy atom. The van der Waals surface area contributed by atoms with E-state index < -0.39 is 5.79 Å². The highest BCUT2D eigenvalue weighted by molar-refractivity contribution is 6.07. The van der Waals surface area contributed by atoms with Crippen LogP contribution in [0.3, 0.4) is 0 Å². The van der Waals surface area contributed by atoms with E-state index in [1.807, 2.05) is 25.8 Å². The van der Waals surface area contributed by atoms with Crippen LogP contribution in [-0.4, -0.2) is 32.0 Å². The van der Waals surface area contributed by atoms with Crippen LogP contribution >= 0.6 is 0 Å². The van der Waals surface area contributed by atoms with Crippen molar-refractivity contribution in [3.63, 3.8) is 0 Å². The normalized spacial score (nSPS) is 23.8. The van der Waals surface area contributed by atoms with Crippen molar-refractivity contribution in [2.24, 2.45) is 0 Å². The maximum atomic E-state index is 12.9. The van der Waals surface area contributed by atoms with E-state index >= 15 is 0 Å². The van der Waals surface area contributed by atoms with E-state index in [4.69, 9.17) is 9.47 Å². The fraction of sp³-hybridized carbons (Fsp3) is 0.632. The van der Waals surface area contributed by atoms with Crippen LogP contribution in [0.1, 0.15) is 50.7 Å². The molecule has 4 rings (SSSR count). The summed E-state index contributed by atoms with van der Waals surface area (Å²) < 4.78 is 11.6. The molecule has 1 saturated heterocycles. The fourth-order valence-corrected chi connectivity index (χ4v) is 4.20. The number of rotatable bonds is 0. The highest BCUT2D eigenvalue weighted by atomic mass is 16.7. The first-order valence-electron chi connectivity index (χ1n) is 8.74. The summed E-state index contributed by atoms with van der Waals surface area (Å²) in [5, 5.41) is 0. The lowest BCUT2D eigenvalue weighted by molar-refractivity contribution is -0.185. The third-order valence-corrected chi connectivity index (χ3v) is 5.42. The van der Waals surface area contributed by atoms with Gasteiger partial charge in [0.05, 0.1) is 18.6 Å². The summed E-state index contributed by atoms with van der Waals surface area (Å²) in [5.74, 6) is -0.188. The Labute approximate surface area is 138 Å². The Morgan fingerprint density at radius 2 is 1.65 bits per heavy atom. The first kappa shape index (κ1) is 16.5. The average molecular weight is 317 g/mol. The molecule has 1 amide bonds. The zero-order chi connectivity index (χ0) is 16.7. The van der Waals surface area contributed by atoms with Gasteiger partial charge in [0.2, 0.25) is 5.91 Å². The van der Waals surface area contributed by atoms with Gasteiger partial charge in [0, 0.05) is 25.6 Å². The molecule has 0 atom stereocenters. The maximum Gasteiger partial charge on any atom is 0.237 e. The molecule has 4 heteroatoms. The van der Waals surface area contributed by atoms with Crippen molar-refractivity contribution in [3.8, 4) is 0 Å². The second-order valence-corrected chi connectivity index (χ2v) is 6.57. The van der Waals surface area contributed by atoms with Crippen molar-refractivity contribution in [2.75, 3.05) is 25.2 Å². The van der Waals surface area contributed by atoms with Crippen LogP contribution in [0.15, 0.2) is 18.2 Å². The fourth-order valence-electron chi connectivity index (χ4n) is 4.20. The van der Waals surface area contributed by atoms with Crippen molar-refractivity contribution in [2.45, 2.75) is 57.7 Å². The summed E-state index contributed by atoms with van der Waals surface area (Å²) in [6.45, 7) is 7.44. The monoisotopic (exact) mass is 317 g/mol. The summed E-state index contributed by atoms with van der Waals surface area (Å²) in [5.41, 5.74) is 3.11. The molecule has 4 nitrogen and oxygen atoms in total. The third kappa shape index (κ3) is 2.39. The molecule has 1 aliphatic carbocycles. The topological polar surface area (TPSA) is 38.8 Å². The van der Waals surface area contributed by atoms with Crippen LogP contribution in [0.25, 0.3) is 0 Å². The predicted molar refractivity (Wildman–Crippen MR) is 90.7 cm³/mol. The van der Waals surface area contributed by atoms with E-state index in [1.165, 1.54) is 11.1 Å². The lowest BCUT2D eigenvalue weighted by Crippen LogP contribution is -2.47. The Balaban J connectivity index is 0.000000753. The second kappa shape index (κ2) is 5.91. The Kier molecular flexibility index (Phi) is 4.23. The standard InChI is InChI=1S/C17H21NO3.C2H6/c1-12-3-4-14-13(11-12)16(15(19)18(14)2)5-7-17(8-6-16)20-9-10-21-17;1-2/h3-4,11H,5-10H2,1-2H3;1-2H3. The van der Waals surface area contributed by atoms with Crippen molar-refractivity contribution >= 4 is 11.6 Å². The highest BCUT2D eigenvalue weighted by Crippen LogP contribution is 2.53. The van der Waals surface area contributed by atoms with E-state index in [9.17, 15) is 4.79 Å². The molecule has 0 N–H and O–H groups in total. The van der Waals surface area contributed by atoms with Crippen LogP contribution in [0, 0.1) is 6.92 Å². The van der Waals surface area contributed by atoms with E-state index in [-0.39, 0.29) is 11.3 Å². The molecule has 23 heavy (non-hydrogen) atoms. The molecule has 2 heterocycles.